The van der Waals surface area contributed by atoms with Gasteiger partial charge < -0.3 is 9.26 Å². The van der Waals surface area contributed by atoms with E-state index < -0.39 is 13.5 Å². The molecule has 2 aromatic carbocycles. The molecule has 0 fully saturated rings. The number of hydrogen-bond donors (Lipinski definition) is 0. The van der Waals surface area contributed by atoms with Gasteiger partial charge in [0.15, 0.2) is 0 Å². The van der Waals surface area contributed by atoms with Crippen molar-refractivity contribution in [3.8, 4) is 10.4 Å². The van der Waals surface area contributed by atoms with E-state index in [1.165, 1.54) is 30.6 Å². The molecule has 0 bridgehead atoms. The van der Waals surface area contributed by atoms with Crippen molar-refractivity contribution in [1.82, 2.24) is 0 Å². The predicted molar refractivity (Wildman–Crippen MR) is 133 cm³/mol. The van der Waals surface area contributed by atoms with Crippen molar-refractivity contribution >= 4 is 35.8 Å². The molecule has 0 aliphatic carbocycles. The number of halogens is 1. The van der Waals surface area contributed by atoms with Crippen LogP contribution in [0.2, 0.25) is 0 Å². The standard InChI is InChI=1S/C25H29FNO4PS/c1-7-31-32(29,22-13-8-17(4)14-18(22)5)27(16(2)3)21-15-23(33-24(21)25(28)30-6)19-9-11-20(26)12-10-19/h8-16H,7H2,1-6H3. The highest BCUT2D eigenvalue weighted by Crippen LogP contribution is 2.56. The van der Waals surface area contributed by atoms with E-state index in [0.29, 0.717) is 15.9 Å². The fraction of sp³-hybridized carbons (Fsp3) is 0.320. The second-order valence-electron chi connectivity index (χ2n) is 7.99. The molecule has 3 aromatic rings. The van der Waals surface area contributed by atoms with Crippen LogP contribution in [0.5, 0.6) is 0 Å². The number of anilines is 1. The average molecular weight is 490 g/mol. The van der Waals surface area contributed by atoms with E-state index in [1.807, 2.05) is 45.9 Å². The molecule has 0 amide bonds. The second-order valence-corrected chi connectivity index (χ2v) is 11.3. The number of rotatable bonds is 8. The number of carbonyl (C=O) groups is 1. The molecule has 1 unspecified atom stereocenters. The summed E-state index contributed by atoms with van der Waals surface area (Å²) < 4.78 is 40.9. The summed E-state index contributed by atoms with van der Waals surface area (Å²) in [7, 11) is -2.29. The lowest BCUT2D eigenvalue weighted by Crippen LogP contribution is -2.34. The minimum Gasteiger partial charge on any atom is -0.465 e. The van der Waals surface area contributed by atoms with E-state index in [1.54, 1.807) is 29.8 Å². The van der Waals surface area contributed by atoms with E-state index in [0.717, 1.165) is 21.6 Å². The molecule has 1 atom stereocenters. The number of esters is 1. The lowest BCUT2D eigenvalue weighted by molar-refractivity contribution is 0.0607. The van der Waals surface area contributed by atoms with Gasteiger partial charge >= 0.3 is 13.5 Å². The molecule has 0 radical (unpaired) electrons. The van der Waals surface area contributed by atoms with Gasteiger partial charge in [-0.15, -0.1) is 11.3 Å². The number of hydrogen-bond acceptors (Lipinski definition) is 5. The Hall–Kier alpha value is -2.47. The van der Waals surface area contributed by atoms with Crippen molar-refractivity contribution in [3.63, 3.8) is 0 Å². The number of aryl methyl sites for hydroxylation is 2. The van der Waals surface area contributed by atoms with Gasteiger partial charge in [0, 0.05) is 10.9 Å². The van der Waals surface area contributed by atoms with Crippen LogP contribution in [0.15, 0.2) is 48.5 Å². The summed E-state index contributed by atoms with van der Waals surface area (Å²) in [6.07, 6.45) is 0. The fourth-order valence-corrected chi connectivity index (χ4v) is 7.63. The summed E-state index contributed by atoms with van der Waals surface area (Å²) in [4.78, 5) is 13.8. The first kappa shape index (κ1) is 25.2. The van der Waals surface area contributed by atoms with E-state index >= 15 is 0 Å². The van der Waals surface area contributed by atoms with Crippen molar-refractivity contribution in [2.45, 2.75) is 40.7 Å². The molecule has 0 aliphatic rings. The molecule has 0 saturated heterocycles. The Morgan fingerprint density at radius 1 is 1.12 bits per heavy atom. The molecule has 0 N–H and O–H groups in total. The quantitative estimate of drug-likeness (QED) is 0.259. The highest BCUT2D eigenvalue weighted by Gasteiger charge is 2.40. The zero-order valence-electron chi connectivity index (χ0n) is 19.7. The summed E-state index contributed by atoms with van der Waals surface area (Å²) in [6, 6.07) is 13.3. The minimum atomic E-state index is -3.61. The lowest BCUT2D eigenvalue weighted by atomic mass is 10.2. The number of nitrogens with zero attached hydrogens (tertiary/aromatic N) is 1. The molecule has 1 aromatic heterocycles. The van der Waals surface area contributed by atoms with Gasteiger partial charge in [0.1, 0.15) is 10.7 Å². The fourth-order valence-electron chi connectivity index (χ4n) is 3.82. The van der Waals surface area contributed by atoms with Crippen LogP contribution in [0.1, 0.15) is 41.6 Å². The molecule has 33 heavy (non-hydrogen) atoms. The lowest BCUT2D eigenvalue weighted by Gasteiger charge is -2.36. The number of methoxy groups -OCH3 is 1. The Balaban J connectivity index is 2.27. The maximum absolute atomic E-state index is 14.6. The van der Waals surface area contributed by atoms with Crippen LogP contribution >= 0.6 is 18.9 Å². The molecule has 0 spiro atoms. The van der Waals surface area contributed by atoms with Crippen LogP contribution < -0.4 is 9.97 Å². The first-order valence-electron chi connectivity index (χ1n) is 10.7. The smallest absolute Gasteiger partial charge is 0.350 e. The third-order valence-electron chi connectivity index (χ3n) is 5.19. The molecule has 3 rings (SSSR count). The van der Waals surface area contributed by atoms with Gasteiger partial charge in [0.25, 0.3) is 0 Å². The SMILES string of the molecule is CCOP(=O)(c1ccc(C)cc1C)N(c1cc(-c2ccc(F)cc2)sc1C(=O)OC)C(C)C. The Labute approximate surface area is 198 Å². The first-order chi connectivity index (χ1) is 15.6. The second kappa shape index (κ2) is 10.2. The van der Waals surface area contributed by atoms with Gasteiger partial charge in [-0.1, -0.05) is 29.8 Å². The third-order valence-corrected chi connectivity index (χ3v) is 9.31. The largest absolute Gasteiger partial charge is 0.465 e. The van der Waals surface area contributed by atoms with Crippen molar-refractivity contribution in [2.75, 3.05) is 18.4 Å². The van der Waals surface area contributed by atoms with Crippen LogP contribution in [0.25, 0.3) is 10.4 Å². The minimum absolute atomic E-state index is 0.232. The molecule has 1 heterocycles. The zero-order chi connectivity index (χ0) is 24.3. The summed E-state index contributed by atoms with van der Waals surface area (Å²) in [5, 5.41) is 0.592. The maximum Gasteiger partial charge on any atom is 0.350 e. The number of ether oxygens (including phenoxy) is 1. The number of thiophene rings is 1. The van der Waals surface area contributed by atoms with Gasteiger partial charge in [-0.3, -0.25) is 9.24 Å². The molecule has 0 saturated carbocycles. The van der Waals surface area contributed by atoms with Crippen molar-refractivity contribution in [2.24, 2.45) is 0 Å². The Bertz CT molecular complexity index is 1190. The summed E-state index contributed by atoms with van der Waals surface area (Å²) in [6.45, 7) is 9.73. The highest BCUT2D eigenvalue weighted by molar-refractivity contribution is 7.68. The molecular weight excluding hydrogens is 460 g/mol. The van der Waals surface area contributed by atoms with E-state index in [2.05, 4.69) is 0 Å². The van der Waals surface area contributed by atoms with Crippen molar-refractivity contribution < 1.29 is 23.0 Å². The average Bonchev–Trinajstić information content (AvgIpc) is 3.18. The molecule has 176 valence electrons. The topological polar surface area (TPSA) is 55.8 Å². The molecule has 5 nitrogen and oxygen atoms in total. The molecule has 0 aliphatic heterocycles. The third kappa shape index (κ3) is 5.06. The van der Waals surface area contributed by atoms with Crippen molar-refractivity contribution in [1.29, 1.82) is 0 Å². The monoisotopic (exact) mass is 489 g/mol. The number of benzene rings is 2. The van der Waals surface area contributed by atoms with E-state index in [-0.39, 0.29) is 18.5 Å². The zero-order valence-corrected chi connectivity index (χ0v) is 21.4. The first-order valence-corrected chi connectivity index (χ1v) is 13.1. The van der Waals surface area contributed by atoms with Crippen LogP contribution in [-0.4, -0.2) is 25.7 Å². The Kier molecular flexibility index (Phi) is 7.78. The van der Waals surface area contributed by atoms with Gasteiger partial charge in [-0.2, -0.15) is 0 Å². The Morgan fingerprint density at radius 3 is 2.33 bits per heavy atom. The van der Waals surface area contributed by atoms with Gasteiger partial charge in [0.2, 0.25) is 0 Å². The molecule has 8 heteroatoms. The highest BCUT2D eigenvalue weighted by atomic mass is 32.1. The van der Waals surface area contributed by atoms with Crippen LogP contribution in [0.3, 0.4) is 0 Å². The summed E-state index contributed by atoms with van der Waals surface area (Å²) >= 11 is 1.22. The predicted octanol–water partition coefficient (Wildman–Crippen LogP) is 6.73. The van der Waals surface area contributed by atoms with E-state index in [4.69, 9.17) is 9.26 Å². The number of carbonyl (C=O) groups excluding carboxylic acids is 1. The Morgan fingerprint density at radius 2 is 1.79 bits per heavy atom. The maximum atomic E-state index is 14.6. The van der Waals surface area contributed by atoms with Gasteiger partial charge in [0.05, 0.1) is 24.7 Å². The van der Waals surface area contributed by atoms with Crippen LogP contribution in [0, 0.1) is 19.7 Å². The van der Waals surface area contributed by atoms with Crippen LogP contribution in [0.4, 0.5) is 10.1 Å². The van der Waals surface area contributed by atoms with Gasteiger partial charge in [-0.25, -0.2) is 9.18 Å². The van der Waals surface area contributed by atoms with Gasteiger partial charge in [-0.05, 0) is 70.0 Å². The van der Waals surface area contributed by atoms with Crippen molar-refractivity contribution in [3.05, 3.63) is 70.4 Å². The normalized spacial score (nSPS) is 13.1. The van der Waals surface area contributed by atoms with E-state index in [9.17, 15) is 13.8 Å². The summed E-state index contributed by atoms with van der Waals surface area (Å²) in [5.74, 6) is -0.874. The van der Waals surface area contributed by atoms with Crippen LogP contribution in [-0.2, 0) is 13.8 Å². The summed E-state index contributed by atoms with van der Waals surface area (Å²) in [5.41, 5.74) is 3.13. The molecular formula is C25H29FNO4PS.